The zero-order valence-electron chi connectivity index (χ0n) is 10.5. The molecule has 0 aliphatic rings. The van der Waals surface area contributed by atoms with Crippen LogP contribution >= 0.6 is 0 Å². The molecule has 0 saturated heterocycles. The van der Waals surface area contributed by atoms with Crippen LogP contribution in [0.2, 0.25) is 0 Å². The Kier molecular flexibility index (Phi) is 2.19. The van der Waals surface area contributed by atoms with Gasteiger partial charge in [0.2, 0.25) is 0 Å². The highest BCUT2D eigenvalue weighted by Crippen LogP contribution is 2.14. The molecule has 0 amide bonds. The van der Waals surface area contributed by atoms with Gasteiger partial charge < -0.3 is 4.57 Å². The summed E-state index contributed by atoms with van der Waals surface area (Å²) in [6.07, 6.45) is 1.78. The fourth-order valence-electron chi connectivity index (χ4n) is 2.17. The average molecular weight is 243 g/mol. The number of hydrogen-bond donors (Lipinski definition) is 0. The van der Waals surface area contributed by atoms with Gasteiger partial charge in [-0.05, 0) is 26.8 Å². The molecule has 3 heterocycles. The van der Waals surface area contributed by atoms with E-state index in [2.05, 4.69) is 15.1 Å². The lowest BCUT2D eigenvalue weighted by atomic mass is 10.2. The van der Waals surface area contributed by atoms with Crippen LogP contribution in [0.1, 0.15) is 18.4 Å². The van der Waals surface area contributed by atoms with Crippen LogP contribution in [0.4, 0.5) is 0 Å². The van der Waals surface area contributed by atoms with Gasteiger partial charge in [0.05, 0.1) is 16.6 Å². The maximum atomic E-state index is 12.3. The predicted molar refractivity (Wildman–Crippen MR) is 67.7 cm³/mol. The molecule has 0 aliphatic heterocycles. The molecule has 0 aromatic carbocycles. The van der Waals surface area contributed by atoms with Crippen LogP contribution < -0.4 is 5.56 Å². The number of aromatic nitrogens is 5. The SMILES string of the molecule is CCn1ccc2c(c(C)nc3nc(C)nn32)c1=O. The molecule has 0 fully saturated rings. The van der Waals surface area contributed by atoms with E-state index in [4.69, 9.17) is 0 Å². The maximum absolute atomic E-state index is 12.3. The first-order valence-corrected chi connectivity index (χ1v) is 5.85. The summed E-state index contributed by atoms with van der Waals surface area (Å²) < 4.78 is 3.28. The van der Waals surface area contributed by atoms with E-state index in [1.54, 1.807) is 15.3 Å². The van der Waals surface area contributed by atoms with E-state index in [1.165, 1.54) is 0 Å². The van der Waals surface area contributed by atoms with Gasteiger partial charge in [0, 0.05) is 12.7 Å². The van der Waals surface area contributed by atoms with Crippen molar-refractivity contribution in [3.8, 4) is 0 Å². The monoisotopic (exact) mass is 243 g/mol. The molecule has 3 aromatic rings. The Balaban J connectivity index is 2.59. The summed E-state index contributed by atoms with van der Waals surface area (Å²) in [5.41, 5.74) is 1.42. The third kappa shape index (κ3) is 1.35. The Morgan fingerprint density at radius 2 is 2.06 bits per heavy atom. The maximum Gasteiger partial charge on any atom is 0.261 e. The van der Waals surface area contributed by atoms with Gasteiger partial charge >= 0.3 is 0 Å². The molecule has 18 heavy (non-hydrogen) atoms. The van der Waals surface area contributed by atoms with Crippen LogP contribution in [0.15, 0.2) is 17.1 Å². The fraction of sp³-hybridized carbons (Fsp3) is 0.333. The number of rotatable bonds is 1. The fourth-order valence-corrected chi connectivity index (χ4v) is 2.17. The van der Waals surface area contributed by atoms with E-state index in [0.717, 1.165) is 5.52 Å². The lowest BCUT2D eigenvalue weighted by Crippen LogP contribution is -2.20. The lowest BCUT2D eigenvalue weighted by Gasteiger charge is -2.06. The second-order valence-electron chi connectivity index (χ2n) is 4.24. The van der Waals surface area contributed by atoms with E-state index >= 15 is 0 Å². The highest BCUT2D eigenvalue weighted by Gasteiger charge is 2.12. The molecule has 6 heteroatoms. The summed E-state index contributed by atoms with van der Waals surface area (Å²) in [6.45, 7) is 6.22. The van der Waals surface area contributed by atoms with E-state index in [1.807, 2.05) is 26.8 Å². The molecule has 0 atom stereocenters. The molecule has 0 bridgehead atoms. The largest absolute Gasteiger partial charge is 0.315 e. The molecule has 92 valence electrons. The van der Waals surface area contributed by atoms with Crippen LogP contribution in [0.5, 0.6) is 0 Å². The topological polar surface area (TPSA) is 65.1 Å². The van der Waals surface area contributed by atoms with E-state index in [-0.39, 0.29) is 5.56 Å². The molecule has 0 radical (unpaired) electrons. The average Bonchev–Trinajstić information content (AvgIpc) is 2.69. The second kappa shape index (κ2) is 3.63. The summed E-state index contributed by atoms with van der Waals surface area (Å²) in [7, 11) is 0. The molecule has 0 aliphatic carbocycles. The van der Waals surface area contributed by atoms with Gasteiger partial charge in [0.25, 0.3) is 11.3 Å². The van der Waals surface area contributed by atoms with Gasteiger partial charge in [-0.15, -0.1) is 5.10 Å². The highest BCUT2D eigenvalue weighted by atomic mass is 16.1. The molecule has 0 spiro atoms. The molecular weight excluding hydrogens is 230 g/mol. The quantitative estimate of drug-likeness (QED) is 0.641. The molecule has 0 N–H and O–H groups in total. The molecule has 3 aromatic heterocycles. The van der Waals surface area contributed by atoms with Gasteiger partial charge in [0.1, 0.15) is 5.82 Å². The van der Waals surface area contributed by atoms with Crippen molar-refractivity contribution in [3.63, 3.8) is 0 Å². The van der Waals surface area contributed by atoms with Crippen LogP contribution in [-0.4, -0.2) is 24.1 Å². The minimum absolute atomic E-state index is 0.0324. The summed E-state index contributed by atoms with van der Waals surface area (Å²) in [5.74, 6) is 1.18. The molecule has 0 saturated carbocycles. The first-order valence-electron chi connectivity index (χ1n) is 5.85. The molecule has 0 unspecified atom stereocenters. The van der Waals surface area contributed by atoms with E-state index < -0.39 is 0 Å². The standard InChI is InChI=1S/C12H13N5O/c1-4-16-6-5-9-10(11(16)18)7(2)13-12-14-8(3)15-17(9)12/h5-6H,4H2,1-3H3. The zero-order valence-corrected chi connectivity index (χ0v) is 10.5. The minimum Gasteiger partial charge on any atom is -0.315 e. The Labute approximate surface area is 103 Å². The Morgan fingerprint density at radius 1 is 1.28 bits per heavy atom. The van der Waals surface area contributed by atoms with Gasteiger partial charge in [-0.25, -0.2) is 4.98 Å². The zero-order chi connectivity index (χ0) is 12.9. The van der Waals surface area contributed by atoms with Crippen molar-refractivity contribution in [2.24, 2.45) is 0 Å². The summed E-state index contributed by atoms with van der Waals surface area (Å²) in [6, 6.07) is 1.88. The second-order valence-corrected chi connectivity index (χ2v) is 4.24. The van der Waals surface area contributed by atoms with Crippen molar-refractivity contribution in [2.75, 3.05) is 0 Å². The van der Waals surface area contributed by atoms with Crippen LogP contribution in [0.3, 0.4) is 0 Å². The molecule has 3 rings (SSSR count). The summed E-state index contributed by atoms with van der Waals surface area (Å²) in [4.78, 5) is 20.9. The third-order valence-electron chi connectivity index (χ3n) is 3.04. The van der Waals surface area contributed by atoms with Crippen molar-refractivity contribution in [1.29, 1.82) is 0 Å². The van der Waals surface area contributed by atoms with Gasteiger partial charge in [-0.2, -0.15) is 9.50 Å². The van der Waals surface area contributed by atoms with E-state index in [9.17, 15) is 4.79 Å². The van der Waals surface area contributed by atoms with E-state index in [0.29, 0.717) is 29.2 Å². The Bertz CT molecular complexity index is 815. The van der Waals surface area contributed by atoms with Crippen molar-refractivity contribution < 1.29 is 0 Å². The van der Waals surface area contributed by atoms with Gasteiger partial charge in [0.15, 0.2) is 0 Å². The third-order valence-corrected chi connectivity index (χ3v) is 3.04. The normalized spacial score (nSPS) is 11.5. The summed E-state index contributed by atoms with van der Waals surface area (Å²) in [5, 5.41) is 4.88. The van der Waals surface area contributed by atoms with Gasteiger partial charge in [-0.3, -0.25) is 4.79 Å². The predicted octanol–water partition coefficient (Wildman–Crippen LogP) is 1.08. The van der Waals surface area contributed by atoms with Crippen LogP contribution in [0, 0.1) is 13.8 Å². The first-order chi connectivity index (χ1) is 8.61. The van der Waals surface area contributed by atoms with Gasteiger partial charge in [-0.1, -0.05) is 0 Å². The lowest BCUT2D eigenvalue weighted by molar-refractivity contribution is 0.732. The smallest absolute Gasteiger partial charge is 0.261 e. The molecule has 6 nitrogen and oxygen atoms in total. The minimum atomic E-state index is -0.0324. The number of pyridine rings is 1. The first kappa shape index (κ1) is 10.9. The number of aryl methyl sites for hydroxylation is 3. The number of nitrogens with zero attached hydrogens (tertiary/aromatic N) is 5. The highest BCUT2D eigenvalue weighted by molar-refractivity contribution is 5.81. The van der Waals surface area contributed by atoms with Crippen LogP contribution in [0.25, 0.3) is 16.7 Å². The summed E-state index contributed by atoms with van der Waals surface area (Å²) >= 11 is 0. The molecular formula is C12H13N5O. The Morgan fingerprint density at radius 3 is 2.78 bits per heavy atom. The van der Waals surface area contributed by atoms with Crippen molar-refractivity contribution in [1.82, 2.24) is 24.1 Å². The Hall–Kier alpha value is -2.24. The van der Waals surface area contributed by atoms with Crippen LogP contribution in [-0.2, 0) is 6.54 Å². The van der Waals surface area contributed by atoms with Crippen molar-refractivity contribution in [2.45, 2.75) is 27.3 Å². The number of fused-ring (bicyclic) bond motifs is 3. The van der Waals surface area contributed by atoms with Crippen molar-refractivity contribution >= 4 is 16.7 Å². The number of hydrogen-bond acceptors (Lipinski definition) is 4. The van der Waals surface area contributed by atoms with Crippen molar-refractivity contribution in [3.05, 3.63) is 34.1 Å².